The number of carbonyl (C=O) groups excluding carboxylic acids is 1. The van der Waals surface area contributed by atoms with Gasteiger partial charge in [0.1, 0.15) is 0 Å². The third-order valence-electron chi connectivity index (χ3n) is 3.70. The first-order chi connectivity index (χ1) is 6.74. The fourth-order valence-corrected chi connectivity index (χ4v) is 2.06. The molecular weight excluding hydrogens is 176 g/mol. The molecule has 0 spiro atoms. The third kappa shape index (κ3) is 2.20. The molecule has 14 heavy (non-hydrogen) atoms. The van der Waals surface area contributed by atoms with Gasteiger partial charge >= 0.3 is 6.03 Å². The van der Waals surface area contributed by atoms with Crippen LogP contribution in [0.25, 0.3) is 0 Å². The summed E-state index contributed by atoms with van der Waals surface area (Å²) in [6.07, 6.45) is 7.41. The minimum absolute atomic E-state index is 0.0345. The standard InChI is InChI=1S/C11H20N2O/c1-2-11(6-3-7-11)8-12-10(14)13-9-4-5-9/h9H,2-8H2,1H3,(H2,12,13,14). The molecule has 2 fully saturated rings. The maximum Gasteiger partial charge on any atom is 0.315 e. The van der Waals surface area contributed by atoms with Crippen molar-refractivity contribution in [2.45, 2.75) is 51.5 Å². The van der Waals surface area contributed by atoms with Crippen LogP contribution in [0.1, 0.15) is 45.4 Å². The number of rotatable bonds is 4. The van der Waals surface area contributed by atoms with E-state index in [1.807, 2.05) is 0 Å². The minimum atomic E-state index is 0.0345. The average molecular weight is 196 g/mol. The fourth-order valence-electron chi connectivity index (χ4n) is 2.06. The molecule has 3 heteroatoms. The van der Waals surface area contributed by atoms with Crippen LogP contribution in [0.3, 0.4) is 0 Å². The van der Waals surface area contributed by atoms with Crippen molar-refractivity contribution < 1.29 is 4.79 Å². The number of nitrogens with one attached hydrogen (secondary N) is 2. The lowest BCUT2D eigenvalue weighted by Gasteiger charge is -2.41. The quantitative estimate of drug-likeness (QED) is 0.709. The van der Waals surface area contributed by atoms with Gasteiger partial charge in [-0.2, -0.15) is 0 Å². The minimum Gasteiger partial charge on any atom is -0.338 e. The first-order valence-electron chi connectivity index (χ1n) is 5.78. The summed E-state index contributed by atoms with van der Waals surface area (Å²) >= 11 is 0. The summed E-state index contributed by atoms with van der Waals surface area (Å²) in [4.78, 5) is 11.4. The molecule has 0 aromatic carbocycles. The fraction of sp³-hybridized carbons (Fsp3) is 0.909. The first kappa shape index (κ1) is 9.81. The van der Waals surface area contributed by atoms with Crippen LogP contribution >= 0.6 is 0 Å². The normalized spacial score (nSPS) is 23.8. The van der Waals surface area contributed by atoms with Gasteiger partial charge < -0.3 is 10.6 Å². The van der Waals surface area contributed by atoms with E-state index in [4.69, 9.17) is 0 Å². The number of hydrogen-bond donors (Lipinski definition) is 2. The zero-order valence-corrected chi connectivity index (χ0v) is 8.94. The van der Waals surface area contributed by atoms with E-state index in [1.165, 1.54) is 25.7 Å². The van der Waals surface area contributed by atoms with Crippen LogP contribution in [0.2, 0.25) is 0 Å². The highest BCUT2D eigenvalue weighted by molar-refractivity contribution is 5.74. The van der Waals surface area contributed by atoms with Crippen molar-refractivity contribution >= 4 is 6.03 Å². The Balaban J connectivity index is 1.67. The van der Waals surface area contributed by atoms with E-state index in [1.54, 1.807) is 0 Å². The summed E-state index contributed by atoms with van der Waals surface area (Å²) in [6, 6.07) is 0.501. The van der Waals surface area contributed by atoms with Gasteiger partial charge in [-0.1, -0.05) is 13.3 Å². The van der Waals surface area contributed by atoms with E-state index in [0.717, 1.165) is 19.4 Å². The molecule has 0 atom stereocenters. The van der Waals surface area contributed by atoms with E-state index in [9.17, 15) is 4.79 Å². The van der Waals surface area contributed by atoms with E-state index in [2.05, 4.69) is 17.6 Å². The number of hydrogen-bond acceptors (Lipinski definition) is 1. The molecule has 3 nitrogen and oxygen atoms in total. The molecule has 0 unspecified atom stereocenters. The monoisotopic (exact) mass is 196 g/mol. The Hall–Kier alpha value is -0.730. The molecule has 0 radical (unpaired) electrons. The lowest BCUT2D eigenvalue weighted by atomic mass is 9.67. The van der Waals surface area contributed by atoms with Gasteiger partial charge in [-0.25, -0.2) is 4.79 Å². The molecule has 0 aliphatic heterocycles. The second-order valence-electron chi connectivity index (χ2n) is 4.81. The van der Waals surface area contributed by atoms with Crippen molar-refractivity contribution in [2.24, 2.45) is 5.41 Å². The second kappa shape index (κ2) is 3.79. The molecule has 2 saturated carbocycles. The van der Waals surface area contributed by atoms with E-state index < -0.39 is 0 Å². The van der Waals surface area contributed by atoms with Gasteiger partial charge in [0, 0.05) is 12.6 Å². The Morgan fingerprint density at radius 1 is 1.43 bits per heavy atom. The highest BCUT2D eigenvalue weighted by atomic mass is 16.2. The highest BCUT2D eigenvalue weighted by Crippen LogP contribution is 2.42. The predicted octanol–water partition coefficient (Wildman–Crippen LogP) is 2.03. The van der Waals surface area contributed by atoms with Crippen molar-refractivity contribution in [2.75, 3.05) is 6.54 Å². The Labute approximate surface area is 85.6 Å². The summed E-state index contributed by atoms with van der Waals surface area (Å²) in [6.45, 7) is 3.09. The van der Waals surface area contributed by atoms with Crippen LogP contribution in [0.15, 0.2) is 0 Å². The van der Waals surface area contributed by atoms with Gasteiger partial charge in [-0.15, -0.1) is 0 Å². The van der Waals surface area contributed by atoms with Crippen LogP contribution in [0, 0.1) is 5.41 Å². The van der Waals surface area contributed by atoms with Crippen LogP contribution in [-0.4, -0.2) is 18.6 Å². The smallest absolute Gasteiger partial charge is 0.315 e. The topological polar surface area (TPSA) is 41.1 Å². The van der Waals surface area contributed by atoms with Crippen molar-refractivity contribution in [1.29, 1.82) is 0 Å². The number of carbonyl (C=O) groups is 1. The van der Waals surface area contributed by atoms with Gasteiger partial charge in [0.15, 0.2) is 0 Å². The zero-order chi connectivity index (χ0) is 10.0. The summed E-state index contributed by atoms with van der Waals surface area (Å²) in [5.74, 6) is 0. The Morgan fingerprint density at radius 3 is 2.57 bits per heavy atom. The Morgan fingerprint density at radius 2 is 2.14 bits per heavy atom. The van der Waals surface area contributed by atoms with Crippen molar-refractivity contribution in [3.8, 4) is 0 Å². The Bertz CT molecular complexity index is 214. The van der Waals surface area contributed by atoms with Crippen LogP contribution < -0.4 is 10.6 Å². The third-order valence-corrected chi connectivity index (χ3v) is 3.70. The summed E-state index contributed by atoms with van der Waals surface area (Å²) in [5.41, 5.74) is 0.431. The summed E-state index contributed by atoms with van der Waals surface area (Å²) < 4.78 is 0. The molecule has 0 aromatic heterocycles. The number of urea groups is 1. The summed E-state index contributed by atoms with van der Waals surface area (Å²) in [5, 5.41) is 5.95. The average Bonchev–Trinajstić information content (AvgIpc) is 2.87. The molecule has 2 aliphatic rings. The molecule has 0 saturated heterocycles. The van der Waals surface area contributed by atoms with E-state index in [0.29, 0.717) is 11.5 Å². The van der Waals surface area contributed by atoms with Crippen LogP contribution in [-0.2, 0) is 0 Å². The van der Waals surface area contributed by atoms with Gasteiger partial charge in [0.05, 0.1) is 0 Å². The summed E-state index contributed by atoms with van der Waals surface area (Å²) in [7, 11) is 0. The molecule has 2 amide bonds. The van der Waals surface area contributed by atoms with E-state index in [-0.39, 0.29) is 6.03 Å². The zero-order valence-electron chi connectivity index (χ0n) is 8.94. The van der Waals surface area contributed by atoms with Crippen LogP contribution in [0.4, 0.5) is 4.79 Å². The maximum atomic E-state index is 11.4. The van der Waals surface area contributed by atoms with Gasteiger partial charge in [-0.3, -0.25) is 0 Å². The van der Waals surface area contributed by atoms with Gasteiger partial charge in [-0.05, 0) is 37.5 Å². The van der Waals surface area contributed by atoms with Crippen molar-refractivity contribution in [3.05, 3.63) is 0 Å². The maximum absolute atomic E-state index is 11.4. The molecule has 2 rings (SSSR count). The van der Waals surface area contributed by atoms with E-state index >= 15 is 0 Å². The molecule has 80 valence electrons. The molecule has 0 heterocycles. The molecule has 2 aliphatic carbocycles. The molecule has 0 bridgehead atoms. The van der Waals surface area contributed by atoms with Gasteiger partial charge in [0.2, 0.25) is 0 Å². The molecule has 2 N–H and O–H groups in total. The predicted molar refractivity (Wildman–Crippen MR) is 56.1 cm³/mol. The Kier molecular flexibility index (Phi) is 2.66. The van der Waals surface area contributed by atoms with Crippen molar-refractivity contribution in [1.82, 2.24) is 10.6 Å². The molecule has 0 aromatic rings. The largest absolute Gasteiger partial charge is 0.338 e. The van der Waals surface area contributed by atoms with Crippen molar-refractivity contribution in [3.63, 3.8) is 0 Å². The van der Waals surface area contributed by atoms with Crippen LogP contribution in [0.5, 0.6) is 0 Å². The molecular formula is C11H20N2O. The second-order valence-corrected chi connectivity index (χ2v) is 4.81. The first-order valence-corrected chi connectivity index (χ1v) is 5.78. The number of amides is 2. The SMILES string of the molecule is CCC1(CNC(=O)NC2CC2)CCC1. The lowest BCUT2D eigenvalue weighted by Crippen LogP contribution is -2.45. The van der Waals surface area contributed by atoms with Gasteiger partial charge in [0.25, 0.3) is 0 Å². The lowest BCUT2D eigenvalue weighted by molar-refractivity contribution is 0.126. The highest BCUT2D eigenvalue weighted by Gasteiger charge is 2.35.